The molecular formula is C24H28N2O3S. The summed E-state index contributed by atoms with van der Waals surface area (Å²) in [5, 5.41) is 3.88. The van der Waals surface area contributed by atoms with Gasteiger partial charge in [-0.05, 0) is 86.8 Å². The molecule has 4 aliphatic carbocycles. The third-order valence-corrected chi connectivity index (χ3v) is 8.40. The van der Waals surface area contributed by atoms with Crippen molar-refractivity contribution in [3.63, 3.8) is 0 Å². The fourth-order valence-electron chi connectivity index (χ4n) is 6.43. The van der Waals surface area contributed by atoms with Gasteiger partial charge in [-0.2, -0.15) is 0 Å². The molecule has 4 saturated carbocycles. The van der Waals surface area contributed by atoms with Crippen molar-refractivity contribution in [3.8, 4) is 0 Å². The van der Waals surface area contributed by atoms with Crippen molar-refractivity contribution in [2.24, 2.45) is 23.2 Å². The van der Waals surface area contributed by atoms with Crippen molar-refractivity contribution in [1.82, 2.24) is 10.3 Å². The number of aromatic nitrogens is 1. The summed E-state index contributed by atoms with van der Waals surface area (Å²) in [6.07, 6.45) is 10.9. The number of fused-ring (bicyclic) bond motifs is 1. The molecule has 1 atom stereocenters. The first-order valence-corrected chi connectivity index (χ1v) is 11.8. The second-order valence-corrected chi connectivity index (χ2v) is 10.6. The molecule has 1 amide bonds. The predicted molar refractivity (Wildman–Crippen MR) is 118 cm³/mol. The van der Waals surface area contributed by atoms with Crippen LogP contribution in [0.2, 0.25) is 0 Å². The summed E-state index contributed by atoms with van der Waals surface area (Å²) >= 11 is 1.51. The van der Waals surface area contributed by atoms with E-state index in [1.807, 2.05) is 24.3 Å². The molecule has 0 spiro atoms. The van der Waals surface area contributed by atoms with Gasteiger partial charge in [0.15, 0.2) is 6.61 Å². The lowest BCUT2D eigenvalue weighted by molar-refractivity contribution is -0.145. The number of carbonyl (C=O) groups excluding carboxylic acids is 2. The Morgan fingerprint density at radius 2 is 1.87 bits per heavy atom. The maximum atomic E-state index is 12.4. The number of hydrogen-bond acceptors (Lipinski definition) is 5. The molecule has 5 nitrogen and oxygen atoms in total. The Hall–Kier alpha value is -2.21. The van der Waals surface area contributed by atoms with Gasteiger partial charge in [-0.25, -0.2) is 9.78 Å². The Morgan fingerprint density at radius 1 is 1.20 bits per heavy atom. The standard InChI is InChI=1S/C24H28N2O3S/c1-15(24-11-16-8-17(12-24)10-18(9-16)13-24)25-21(27)14-29-23(28)7-6-22-26-19-4-2-3-5-20(19)30-22/h2-7,15-18H,8-14H2,1H3,(H,25,27)/b7-6+/t15-,16?,17?,18?,24?/m0/s1. The van der Waals surface area contributed by atoms with Crippen LogP contribution in [-0.4, -0.2) is 29.5 Å². The average Bonchev–Trinajstić information content (AvgIpc) is 3.13. The molecule has 2 aromatic rings. The second-order valence-electron chi connectivity index (χ2n) is 9.53. The number of nitrogens with one attached hydrogen (secondary N) is 1. The van der Waals surface area contributed by atoms with Gasteiger partial charge in [0.25, 0.3) is 5.91 Å². The van der Waals surface area contributed by atoms with Crippen LogP contribution >= 0.6 is 11.3 Å². The van der Waals surface area contributed by atoms with Crippen LogP contribution < -0.4 is 5.32 Å². The minimum atomic E-state index is -0.521. The first kappa shape index (κ1) is 19.7. The van der Waals surface area contributed by atoms with Crippen molar-refractivity contribution < 1.29 is 14.3 Å². The molecule has 1 aromatic heterocycles. The molecule has 1 heterocycles. The first-order chi connectivity index (χ1) is 14.5. The Morgan fingerprint density at radius 3 is 2.53 bits per heavy atom. The zero-order valence-electron chi connectivity index (χ0n) is 17.3. The molecule has 0 unspecified atom stereocenters. The number of thiazole rings is 1. The normalized spacial score (nSPS) is 30.6. The molecule has 4 fully saturated rings. The van der Waals surface area contributed by atoms with Crippen LogP contribution in [-0.2, 0) is 14.3 Å². The van der Waals surface area contributed by atoms with Crippen LogP contribution in [0.15, 0.2) is 30.3 Å². The number of esters is 1. The third-order valence-electron chi connectivity index (χ3n) is 7.40. The van der Waals surface area contributed by atoms with Gasteiger partial charge in [0.2, 0.25) is 0 Å². The van der Waals surface area contributed by atoms with E-state index < -0.39 is 5.97 Å². The van der Waals surface area contributed by atoms with E-state index in [4.69, 9.17) is 4.74 Å². The summed E-state index contributed by atoms with van der Waals surface area (Å²) in [6.45, 7) is 1.90. The lowest BCUT2D eigenvalue weighted by Crippen LogP contribution is -2.56. The molecule has 30 heavy (non-hydrogen) atoms. The Labute approximate surface area is 180 Å². The fraction of sp³-hybridized carbons (Fsp3) is 0.542. The van der Waals surface area contributed by atoms with Crippen LogP contribution in [0.25, 0.3) is 16.3 Å². The third kappa shape index (κ3) is 3.89. The van der Waals surface area contributed by atoms with E-state index in [1.54, 1.807) is 6.08 Å². The van der Waals surface area contributed by atoms with E-state index in [-0.39, 0.29) is 24.0 Å². The molecule has 1 N–H and O–H groups in total. The van der Waals surface area contributed by atoms with Crippen LogP contribution in [0, 0.1) is 23.2 Å². The monoisotopic (exact) mass is 424 g/mol. The molecule has 158 valence electrons. The molecule has 0 radical (unpaired) electrons. The van der Waals surface area contributed by atoms with Gasteiger partial charge < -0.3 is 10.1 Å². The minimum Gasteiger partial charge on any atom is -0.452 e. The van der Waals surface area contributed by atoms with Crippen LogP contribution in [0.3, 0.4) is 0 Å². The summed E-state index contributed by atoms with van der Waals surface area (Å²) in [4.78, 5) is 28.9. The van der Waals surface area contributed by atoms with E-state index in [2.05, 4.69) is 17.2 Å². The van der Waals surface area contributed by atoms with Crippen molar-refractivity contribution in [2.75, 3.05) is 6.61 Å². The predicted octanol–water partition coefficient (Wildman–Crippen LogP) is 4.57. The van der Waals surface area contributed by atoms with Crippen molar-refractivity contribution in [2.45, 2.75) is 51.5 Å². The highest BCUT2D eigenvalue weighted by Gasteiger charge is 2.53. The molecule has 1 aromatic carbocycles. The van der Waals surface area contributed by atoms with Crippen molar-refractivity contribution >= 4 is 39.5 Å². The Kier molecular flexibility index (Phi) is 5.13. The Bertz CT molecular complexity index is 927. The number of rotatable bonds is 6. The van der Waals surface area contributed by atoms with Gasteiger partial charge in [-0.3, -0.25) is 4.79 Å². The lowest BCUT2D eigenvalue weighted by Gasteiger charge is -2.59. The molecule has 0 aliphatic heterocycles. The van der Waals surface area contributed by atoms with E-state index >= 15 is 0 Å². The zero-order chi connectivity index (χ0) is 20.7. The van der Waals surface area contributed by atoms with E-state index in [1.165, 1.54) is 55.9 Å². The van der Waals surface area contributed by atoms with E-state index in [9.17, 15) is 9.59 Å². The number of amides is 1. The van der Waals surface area contributed by atoms with Gasteiger partial charge in [-0.15, -0.1) is 11.3 Å². The van der Waals surface area contributed by atoms with E-state index in [0.717, 1.165) is 33.0 Å². The molecule has 4 aliphatic rings. The quantitative estimate of drug-likeness (QED) is 0.545. The highest BCUT2D eigenvalue weighted by molar-refractivity contribution is 7.19. The SMILES string of the molecule is C[C@H](NC(=O)COC(=O)/C=C/c1nc2ccccc2s1)C12CC3CC(CC(C3)C1)C2. The minimum absolute atomic E-state index is 0.135. The smallest absolute Gasteiger partial charge is 0.331 e. The number of benzene rings is 1. The number of carbonyl (C=O) groups is 2. The maximum absolute atomic E-state index is 12.4. The van der Waals surface area contributed by atoms with E-state index in [0.29, 0.717) is 0 Å². The van der Waals surface area contributed by atoms with Crippen molar-refractivity contribution in [1.29, 1.82) is 0 Å². The van der Waals surface area contributed by atoms with Gasteiger partial charge in [-0.1, -0.05) is 12.1 Å². The second kappa shape index (κ2) is 7.80. The Balaban J connectivity index is 1.12. The molecule has 0 saturated heterocycles. The summed E-state index contributed by atoms with van der Waals surface area (Å²) in [5.74, 6) is 1.81. The largest absolute Gasteiger partial charge is 0.452 e. The molecule has 6 rings (SSSR count). The number of ether oxygens (including phenoxy) is 1. The molecular weight excluding hydrogens is 396 g/mol. The lowest BCUT2D eigenvalue weighted by atomic mass is 9.48. The topological polar surface area (TPSA) is 68.3 Å². The van der Waals surface area contributed by atoms with Gasteiger partial charge in [0, 0.05) is 12.1 Å². The first-order valence-electron chi connectivity index (χ1n) is 11.0. The summed E-state index contributed by atoms with van der Waals surface area (Å²) in [5.41, 5.74) is 1.16. The maximum Gasteiger partial charge on any atom is 0.331 e. The average molecular weight is 425 g/mol. The van der Waals surface area contributed by atoms with Crippen LogP contribution in [0.4, 0.5) is 0 Å². The van der Waals surface area contributed by atoms with Gasteiger partial charge >= 0.3 is 5.97 Å². The summed E-state index contributed by atoms with van der Waals surface area (Å²) in [7, 11) is 0. The number of hydrogen-bond donors (Lipinski definition) is 1. The van der Waals surface area contributed by atoms with Crippen molar-refractivity contribution in [3.05, 3.63) is 35.3 Å². The van der Waals surface area contributed by atoms with Gasteiger partial charge in [0.1, 0.15) is 5.01 Å². The van der Waals surface area contributed by atoms with Gasteiger partial charge in [0.05, 0.1) is 10.2 Å². The van der Waals surface area contributed by atoms with Crippen LogP contribution in [0.1, 0.15) is 50.5 Å². The van der Waals surface area contributed by atoms with Crippen LogP contribution in [0.5, 0.6) is 0 Å². The summed E-state index contributed by atoms with van der Waals surface area (Å²) < 4.78 is 6.23. The highest BCUT2D eigenvalue weighted by Crippen LogP contribution is 2.61. The fourth-order valence-corrected chi connectivity index (χ4v) is 7.30. The highest BCUT2D eigenvalue weighted by atomic mass is 32.1. The number of para-hydroxylation sites is 1. The number of nitrogens with zero attached hydrogens (tertiary/aromatic N) is 1. The molecule has 4 bridgehead atoms. The summed E-state index contributed by atoms with van der Waals surface area (Å²) in [6, 6.07) is 7.97. The zero-order valence-corrected chi connectivity index (χ0v) is 18.1. The molecule has 6 heteroatoms.